The van der Waals surface area contributed by atoms with E-state index >= 15 is 0 Å². The number of ether oxygens (including phenoxy) is 1. The number of carbonyl (C=O) groups is 3. The summed E-state index contributed by atoms with van der Waals surface area (Å²) in [6.45, 7) is 0. The molecule has 0 aliphatic carbocycles. The normalized spacial score (nSPS) is 8.25. The van der Waals surface area contributed by atoms with Crippen LogP contribution in [0.15, 0.2) is 30.3 Å². The standard InChI is InChI=1S/C8H7N.C4H6N2O5/c9-7-6-8-4-2-1-3-5-8;1-11-4(9)5-2(7)3(8)6-10/h1-5H,6H2;10H,1H3,(H,6,8)(H,5,7,9). The van der Waals surface area contributed by atoms with Crippen molar-refractivity contribution >= 4 is 17.9 Å². The molecule has 0 spiro atoms. The van der Waals surface area contributed by atoms with Gasteiger partial charge >= 0.3 is 17.9 Å². The zero-order valence-electron chi connectivity index (χ0n) is 10.6. The van der Waals surface area contributed by atoms with E-state index in [1.165, 1.54) is 5.32 Å². The molecule has 106 valence electrons. The van der Waals surface area contributed by atoms with E-state index < -0.39 is 17.9 Å². The van der Waals surface area contributed by atoms with Crippen molar-refractivity contribution in [2.75, 3.05) is 7.11 Å². The largest absolute Gasteiger partial charge is 0.453 e. The van der Waals surface area contributed by atoms with Gasteiger partial charge in [-0.2, -0.15) is 5.26 Å². The number of hydroxylamine groups is 1. The van der Waals surface area contributed by atoms with Gasteiger partial charge in [0.2, 0.25) is 0 Å². The molecule has 0 heterocycles. The summed E-state index contributed by atoms with van der Waals surface area (Å²) in [5.41, 5.74) is 2.12. The van der Waals surface area contributed by atoms with E-state index in [-0.39, 0.29) is 0 Å². The number of imide groups is 1. The highest BCUT2D eigenvalue weighted by Gasteiger charge is 2.15. The molecule has 0 unspecified atom stereocenters. The van der Waals surface area contributed by atoms with Crippen LogP contribution in [0.1, 0.15) is 5.56 Å². The first-order valence-electron chi connectivity index (χ1n) is 5.29. The summed E-state index contributed by atoms with van der Waals surface area (Å²) < 4.78 is 3.98. The van der Waals surface area contributed by atoms with Gasteiger partial charge in [0.1, 0.15) is 0 Å². The number of rotatable bonds is 1. The summed E-state index contributed by atoms with van der Waals surface area (Å²) in [5, 5.41) is 17.7. The van der Waals surface area contributed by atoms with Crippen molar-refractivity contribution in [2.24, 2.45) is 0 Å². The SMILES string of the molecule is COC(=O)NC(=O)C(=O)NO.N#CCc1ccccc1. The summed E-state index contributed by atoms with van der Waals surface area (Å²) in [5.74, 6) is -2.63. The molecule has 1 rings (SSSR count). The second kappa shape index (κ2) is 10.0. The van der Waals surface area contributed by atoms with Crippen LogP contribution in [0, 0.1) is 11.3 Å². The molecule has 0 radical (unpaired) electrons. The second-order valence-corrected chi connectivity index (χ2v) is 3.21. The maximum absolute atomic E-state index is 10.4. The number of nitrogens with zero attached hydrogens (tertiary/aromatic N) is 1. The van der Waals surface area contributed by atoms with Crippen molar-refractivity contribution in [3.63, 3.8) is 0 Å². The van der Waals surface area contributed by atoms with Crippen LogP contribution in [-0.2, 0) is 20.7 Å². The van der Waals surface area contributed by atoms with Crippen LogP contribution in [0.4, 0.5) is 4.79 Å². The third kappa shape index (κ3) is 7.41. The monoisotopic (exact) mass is 279 g/mol. The fourth-order valence-corrected chi connectivity index (χ4v) is 0.938. The summed E-state index contributed by atoms with van der Waals surface area (Å²) in [6, 6.07) is 11.8. The molecule has 0 atom stereocenters. The van der Waals surface area contributed by atoms with E-state index in [1.807, 2.05) is 30.3 Å². The number of methoxy groups -OCH3 is 1. The quantitative estimate of drug-likeness (QED) is 0.380. The highest BCUT2D eigenvalue weighted by Crippen LogP contribution is 1.96. The first-order chi connectivity index (χ1) is 9.54. The van der Waals surface area contributed by atoms with Gasteiger partial charge in [0.05, 0.1) is 19.6 Å². The number of hydrogen-bond acceptors (Lipinski definition) is 6. The molecule has 0 aliphatic rings. The molecule has 3 N–H and O–H groups in total. The Kier molecular flexibility index (Phi) is 8.58. The molecule has 0 aliphatic heterocycles. The Balaban J connectivity index is 0.000000367. The van der Waals surface area contributed by atoms with E-state index in [0.29, 0.717) is 6.42 Å². The Bertz CT molecular complexity index is 496. The van der Waals surface area contributed by atoms with Gasteiger partial charge in [0.15, 0.2) is 0 Å². The Morgan fingerprint density at radius 3 is 2.30 bits per heavy atom. The maximum Gasteiger partial charge on any atom is 0.413 e. The predicted octanol–water partition coefficient (Wildman–Crippen LogP) is 0.127. The number of alkyl carbamates (subject to hydrolysis) is 1. The molecular weight excluding hydrogens is 266 g/mol. The molecule has 8 heteroatoms. The fourth-order valence-electron chi connectivity index (χ4n) is 0.938. The summed E-state index contributed by atoms with van der Waals surface area (Å²) in [6.07, 6.45) is -0.556. The Morgan fingerprint density at radius 2 is 1.85 bits per heavy atom. The van der Waals surface area contributed by atoms with Crippen LogP contribution in [0.2, 0.25) is 0 Å². The molecule has 0 saturated heterocycles. The number of benzene rings is 1. The van der Waals surface area contributed by atoms with E-state index in [2.05, 4.69) is 10.8 Å². The van der Waals surface area contributed by atoms with E-state index in [4.69, 9.17) is 10.5 Å². The van der Waals surface area contributed by atoms with Crippen LogP contribution < -0.4 is 10.8 Å². The van der Waals surface area contributed by atoms with Crippen molar-refractivity contribution in [1.29, 1.82) is 5.26 Å². The van der Waals surface area contributed by atoms with Crippen molar-refractivity contribution < 1.29 is 24.3 Å². The molecule has 3 amide bonds. The lowest BCUT2D eigenvalue weighted by Crippen LogP contribution is -2.41. The zero-order valence-corrected chi connectivity index (χ0v) is 10.6. The molecule has 0 saturated carbocycles. The van der Waals surface area contributed by atoms with Gasteiger partial charge in [0, 0.05) is 0 Å². The Labute approximate surface area is 114 Å². The number of hydrogen-bond donors (Lipinski definition) is 3. The van der Waals surface area contributed by atoms with Crippen molar-refractivity contribution in [1.82, 2.24) is 10.8 Å². The fraction of sp³-hybridized carbons (Fsp3) is 0.167. The molecule has 8 nitrogen and oxygen atoms in total. The van der Waals surface area contributed by atoms with Crippen molar-refractivity contribution in [3.05, 3.63) is 35.9 Å². The van der Waals surface area contributed by atoms with Crippen LogP contribution in [-0.4, -0.2) is 30.2 Å². The zero-order chi connectivity index (χ0) is 15.4. The van der Waals surface area contributed by atoms with E-state index in [9.17, 15) is 14.4 Å². The Hall–Kier alpha value is -2.92. The van der Waals surface area contributed by atoms with Crippen LogP contribution in [0.5, 0.6) is 0 Å². The lowest BCUT2D eigenvalue weighted by atomic mass is 10.2. The molecular formula is C12H13N3O5. The number of amides is 3. The third-order valence-corrected chi connectivity index (χ3v) is 1.83. The predicted molar refractivity (Wildman–Crippen MR) is 66.2 cm³/mol. The lowest BCUT2D eigenvalue weighted by molar-refractivity contribution is -0.143. The lowest BCUT2D eigenvalue weighted by Gasteiger charge is -1.98. The smallest absolute Gasteiger partial charge is 0.413 e. The highest BCUT2D eigenvalue weighted by atomic mass is 16.5. The van der Waals surface area contributed by atoms with Gasteiger partial charge in [-0.3, -0.25) is 20.1 Å². The minimum Gasteiger partial charge on any atom is -0.453 e. The topological polar surface area (TPSA) is 129 Å². The molecule has 1 aromatic carbocycles. The number of carbonyl (C=O) groups excluding carboxylic acids is 3. The van der Waals surface area contributed by atoms with Gasteiger partial charge in [-0.1, -0.05) is 30.3 Å². The summed E-state index contributed by atoms with van der Waals surface area (Å²) >= 11 is 0. The van der Waals surface area contributed by atoms with Gasteiger partial charge in [-0.05, 0) is 5.56 Å². The van der Waals surface area contributed by atoms with Crippen molar-refractivity contribution in [3.8, 4) is 6.07 Å². The molecule has 1 aromatic rings. The minimum absolute atomic E-state index is 0.515. The average molecular weight is 279 g/mol. The van der Waals surface area contributed by atoms with Crippen LogP contribution in [0.25, 0.3) is 0 Å². The van der Waals surface area contributed by atoms with Gasteiger partial charge < -0.3 is 4.74 Å². The summed E-state index contributed by atoms with van der Waals surface area (Å²) in [4.78, 5) is 30.8. The third-order valence-electron chi connectivity index (χ3n) is 1.83. The average Bonchev–Trinajstić information content (AvgIpc) is 2.48. The Morgan fingerprint density at radius 1 is 1.25 bits per heavy atom. The molecule has 0 bridgehead atoms. The van der Waals surface area contributed by atoms with Gasteiger partial charge in [-0.25, -0.2) is 10.3 Å². The van der Waals surface area contributed by atoms with Gasteiger partial charge in [-0.15, -0.1) is 0 Å². The summed E-state index contributed by atoms with van der Waals surface area (Å²) in [7, 11) is 1.03. The second-order valence-electron chi connectivity index (χ2n) is 3.21. The number of nitriles is 1. The first kappa shape index (κ1) is 17.1. The van der Waals surface area contributed by atoms with Crippen LogP contribution >= 0.6 is 0 Å². The van der Waals surface area contributed by atoms with Crippen molar-refractivity contribution in [2.45, 2.75) is 6.42 Å². The minimum atomic E-state index is -1.34. The highest BCUT2D eigenvalue weighted by molar-refractivity contribution is 6.37. The molecule has 0 fully saturated rings. The molecule has 20 heavy (non-hydrogen) atoms. The molecule has 0 aromatic heterocycles. The van der Waals surface area contributed by atoms with E-state index in [1.54, 1.807) is 0 Å². The first-order valence-corrected chi connectivity index (χ1v) is 5.29. The van der Waals surface area contributed by atoms with Crippen LogP contribution in [0.3, 0.4) is 0 Å². The number of nitrogens with one attached hydrogen (secondary N) is 2. The van der Waals surface area contributed by atoms with Gasteiger partial charge in [0.25, 0.3) is 0 Å². The van der Waals surface area contributed by atoms with E-state index in [0.717, 1.165) is 18.2 Å². The maximum atomic E-state index is 10.4.